The van der Waals surface area contributed by atoms with E-state index in [1.54, 1.807) is 0 Å². The Morgan fingerprint density at radius 1 is 1.05 bits per heavy atom. The standard InChI is InChI=1S/C19H24N2O/c1-15(2)17-9-11-18(12-10-17)20-19(22)14-21(3)13-16-7-5-4-6-8-16/h4-12,15H,13-14H2,1-3H3,(H,20,22). The van der Waals surface area contributed by atoms with Gasteiger partial charge in [-0.3, -0.25) is 9.69 Å². The Morgan fingerprint density at radius 2 is 1.68 bits per heavy atom. The second-order valence-electron chi connectivity index (χ2n) is 5.98. The Labute approximate surface area is 133 Å². The van der Waals surface area contributed by atoms with Crippen LogP contribution in [0.1, 0.15) is 30.9 Å². The number of likely N-dealkylation sites (N-methyl/N-ethyl adjacent to an activating group) is 1. The molecule has 2 aromatic carbocycles. The van der Waals surface area contributed by atoms with E-state index < -0.39 is 0 Å². The van der Waals surface area contributed by atoms with Gasteiger partial charge in [0, 0.05) is 12.2 Å². The number of carbonyl (C=O) groups is 1. The summed E-state index contributed by atoms with van der Waals surface area (Å²) in [7, 11) is 1.95. The first kappa shape index (κ1) is 16.2. The Morgan fingerprint density at radius 3 is 2.27 bits per heavy atom. The zero-order valence-electron chi connectivity index (χ0n) is 13.5. The van der Waals surface area contributed by atoms with Crippen LogP contribution in [0, 0.1) is 0 Å². The lowest BCUT2D eigenvalue weighted by atomic mass is 10.0. The van der Waals surface area contributed by atoms with E-state index in [0.29, 0.717) is 12.5 Å². The first-order valence-corrected chi connectivity index (χ1v) is 7.67. The molecule has 0 saturated heterocycles. The van der Waals surface area contributed by atoms with Gasteiger partial charge in [-0.2, -0.15) is 0 Å². The second-order valence-corrected chi connectivity index (χ2v) is 5.98. The van der Waals surface area contributed by atoms with E-state index in [0.717, 1.165) is 12.2 Å². The van der Waals surface area contributed by atoms with Gasteiger partial charge in [-0.15, -0.1) is 0 Å². The molecular formula is C19H24N2O. The summed E-state index contributed by atoms with van der Waals surface area (Å²) in [6, 6.07) is 18.2. The summed E-state index contributed by atoms with van der Waals surface area (Å²) in [4.78, 5) is 14.1. The molecule has 0 radical (unpaired) electrons. The van der Waals surface area contributed by atoms with Crippen molar-refractivity contribution in [1.82, 2.24) is 4.90 Å². The fraction of sp³-hybridized carbons (Fsp3) is 0.316. The largest absolute Gasteiger partial charge is 0.325 e. The van der Waals surface area contributed by atoms with E-state index in [-0.39, 0.29) is 5.91 Å². The molecule has 0 spiro atoms. The molecular weight excluding hydrogens is 272 g/mol. The maximum absolute atomic E-state index is 12.1. The number of carbonyl (C=O) groups excluding carboxylic acids is 1. The molecule has 1 N–H and O–H groups in total. The van der Waals surface area contributed by atoms with E-state index >= 15 is 0 Å². The molecule has 3 heteroatoms. The number of hydrogen-bond acceptors (Lipinski definition) is 2. The van der Waals surface area contributed by atoms with Crippen LogP contribution < -0.4 is 5.32 Å². The molecule has 0 atom stereocenters. The number of hydrogen-bond donors (Lipinski definition) is 1. The molecule has 0 aromatic heterocycles. The highest BCUT2D eigenvalue weighted by Gasteiger charge is 2.08. The predicted octanol–water partition coefficient (Wildman–Crippen LogP) is 3.88. The van der Waals surface area contributed by atoms with Crippen molar-refractivity contribution in [2.24, 2.45) is 0 Å². The van der Waals surface area contributed by atoms with Crippen molar-refractivity contribution in [2.75, 3.05) is 18.9 Å². The topological polar surface area (TPSA) is 32.3 Å². The minimum absolute atomic E-state index is 0.00993. The monoisotopic (exact) mass is 296 g/mol. The number of nitrogens with one attached hydrogen (secondary N) is 1. The van der Waals surface area contributed by atoms with Crippen LogP contribution in [-0.2, 0) is 11.3 Å². The lowest BCUT2D eigenvalue weighted by Gasteiger charge is -2.16. The number of rotatable bonds is 6. The lowest BCUT2D eigenvalue weighted by Crippen LogP contribution is -2.29. The summed E-state index contributed by atoms with van der Waals surface area (Å²) in [5.41, 5.74) is 3.33. The minimum atomic E-state index is 0.00993. The van der Waals surface area contributed by atoms with Gasteiger partial charge in [0.25, 0.3) is 0 Å². The van der Waals surface area contributed by atoms with Crippen molar-refractivity contribution in [1.29, 1.82) is 0 Å². The summed E-state index contributed by atoms with van der Waals surface area (Å²) < 4.78 is 0. The summed E-state index contributed by atoms with van der Waals surface area (Å²) in [6.07, 6.45) is 0. The average molecular weight is 296 g/mol. The molecule has 1 amide bonds. The average Bonchev–Trinajstić information content (AvgIpc) is 2.48. The van der Waals surface area contributed by atoms with Crippen LogP contribution in [0.2, 0.25) is 0 Å². The van der Waals surface area contributed by atoms with E-state index in [4.69, 9.17) is 0 Å². The zero-order valence-corrected chi connectivity index (χ0v) is 13.5. The third-order valence-corrected chi connectivity index (χ3v) is 3.57. The maximum Gasteiger partial charge on any atom is 0.238 e. The predicted molar refractivity (Wildman–Crippen MR) is 91.9 cm³/mol. The fourth-order valence-corrected chi connectivity index (χ4v) is 2.35. The molecule has 0 heterocycles. The first-order chi connectivity index (χ1) is 10.5. The second kappa shape index (κ2) is 7.76. The van der Waals surface area contributed by atoms with E-state index in [1.165, 1.54) is 11.1 Å². The molecule has 2 aromatic rings. The van der Waals surface area contributed by atoms with Crippen LogP contribution in [0.15, 0.2) is 54.6 Å². The normalized spacial score (nSPS) is 11.0. The van der Waals surface area contributed by atoms with Crippen LogP contribution in [-0.4, -0.2) is 24.4 Å². The van der Waals surface area contributed by atoms with Gasteiger partial charge in [-0.25, -0.2) is 0 Å². The molecule has 3 nitrogen and oxygen atoms in total. The molecule has 116 valence electrons. The number of nitrogens with zero attached hydrogens (tertiary/aromatic N) is 1. The SMILES string of the molecule is CC(C)c1ccc(NC(=O)CN(C)Cc2ccccc2)cc1. The van der Waals surface area contributed by atoms with E-state index in [9.17, 15) is 4.79 Å². The van der Waals surface area contributed by atoms with Gasteiger partial charge in [0.1, 0.15) is 0 Å². The summed E-state index contributed by atoms with van der Waals surface area (Å²) >= 11 is 0. The maximum atomic E-state index is 12.1. The molecule has 22 heavy (non-hydrogen) atoms. The third-order valence-electron chi connectivity index (χ3n) is 3.57. The van der Waals surface area contributed by atoms with Crippen molar-refractivity contribution in [3.8, 4) is 0 Å². The first-order valence-electron chi connectivity index (χ1n) is 7.67. The molecule has 0 saturated carbocycles. The summed E-state index contributed by atoms with van der Waals surface area (Å²) in [5, 5.41) is 2.94. The van der Waals surface area contributed by atoms with Crippen molar-refractivity contribution in [2.45, 2.75) is 26.3 Å². The summed E-state index contributed by atoms with van der Waals surface area (Å²) in [6.45, 7) is 5.46. The van der Waals surface area contributed by atoms with Gasteiger partial charge in [0.2, 0.25) is 5.91 Å². The van der Waals surface area contributed by atoms with E-state index in [2.05, 4.69) is 43.4 Å². The van der Waals surface area contributed by atoms with Crippen LogP contribution >= 0.6 is 0 Å². The molecule has 0 aliphatic carbocycles. The van der Waals surface area contributed by atoms with Crippen molar-refractivity contribution < 1.29 is 4.79 Å². The number of anilines is 1. The Hall–Kier alpha value is -2.13. The van der Waals surface area contributed by atoms with Gasteiger partial charge in [0.15, 0.2) is 0 Å². The van der Waals surface area contributed by atoms with Gasteiger partial charge in [0.05, 0.1) is 6.54 Å². The summed E-state index contributed by atoms with van der Waals surface area (Å²) in [5.74, 6) is 0.512. The molecule has 0 aliphatic heterocycles. The van der Waals surface area contributed by atoms with Gasteiger partial charge in [-0.05, 0) is 36.2 Å². The van der Waals surface area contributed by atoms with Crippen LogP contribution in [0.25, 0.3) is 0 Å². The zero-order chi connectivity index (χ0) is 15.9. The highest BCUT2D eigenvalue weighted by Crippen LogP contribution is 2.17. The molecule has 0 fully saturated rings. The van der Waals surface area contributed by atoms with Crippen molar-refractivity contribution >= 4 is 11.6 Å². The van der Waals surface area contributed by atoms with Gasteiger partial charge in [-0.1, -0.05) is 56.3 Å². The lowest BCUT2D eigenvalue weighted by molar-refractivity contribution is -0.117. The number of amides is 1. The smallest absolute Gasteiger partial charge is 0.238 e. The Kier molecular flexibility index (Phi) is 5.73. The van der Waals surface area contributed by atoms with Crippen molar-refractivity contribution in [3.05, 3.63) is 65.7 Å². The van der Waals surface area contributed by atoms with Crippen LogP contribution in [0.5, 0.6) is 0 Å². The molecule has 0 aliphatic rings. The third kappa shape index (κ3) is 5.01. The Balaban J connectivity index is 1.84. The molecule has 0 unspecified atom stereocenters. The van der Waals surface area contributed by atoms with Crippen LogP contribution in [0.4, 0.5) is 5.69 Å². The quantitative estimate of drug-likeness (QED) is 0.877. The number of benzene rings is 2. The Bertz CT molecular complexity index is 591. The fourth-order valence-electron chi connectivity index (χ4n) is 2.35. The minimum Gasteiger partial charge on any atom is -0.325 e. The molecule has 0 bridgehead atoms. The van der Waals surface area contributed by atoms with E-state index in [1.807, 2.05) is 42.3 Å². The highest BCUT2D eigenvalue weighted by atomic mass is 16.2. The van der Waals surface area contributed by atoms with Gasteiger partial charge >= 0.3 is 0 Å². The molecule has 2 rings (SSSR count). The van der Waals surface area contributed by atoms with Crippen LogP contribution in [0.3, 0.4) is 0 Å². The van der Waals surface area contributed by atoms with Crippen molar-refractivity contribution in [3.63, 3.8) is 0 Å². The highest BCUT2D eigenvalue weighted by molar-refractivity contribution is 5.92. The van der Waals surface area contributed by atoms with Gasteiger partial charge < -0.3 is 5.32 Å².